The van der Waals surface area contributed by atoms with Gasteiger partial charge in [-0.25, -0.2) is 0 Å². The Labute approximate surface area is 63.9 Å². The van der Waals surface area contributed by atoms with E-state index in [0.29, 0.717) is 11.8 Å². The van der Waals surface area contributed by atoms with Gasteiger partial charge in [0.1, 0.15) is 11.5 Å². The molecule has 11 heavy (non-hydrogen) atoms. The fraction of sp³-hybridized carbons (Fsp3) is 0.125. The second-order valence-corrected chi connectivity index (χ2v) is 2.33. The smallest absolute Gasteiger partial charge is 0.157 e. The highest BCUT2D eigenvalue weighted by Gasteiger charge is 2.05. The van der Waals surface area contributed by atoms with Crippen molar-refractivity contribution in [1.29, 1.82) is 0 Å². The van der Waals surface area contributed by atoms with Crippen LogP contribution in [0.2, 0.25) is 0 Å². The molecule has 0 atom stereocenters. The van der Waals surface area contributed by atoms with Crippen molar-refractivity contribution in [2.24, 2.45) is 0 Å². The van der Waals surface area contributed by atoms with E-state index >= 15 is 0 Å². The Morgan fingerprint density at radius 1 is 1.27 bits per heavy atom. The van der Waals surface area contributed by atoms with Crippen molar-refractivity contribution < 1.29 is 15.0 Å². The highest BCUT2D eigenvalue weighted by atomic mass is 16.3. The van der Waals surface area contributed by atoms with Crippen LogP contribution in [-0.2, 0) is 0 Å². The molecule has 3 heteroatoms. The monoisotopic (exact) mass is 152 g/mol. The molecule has 3 nitrogen and oxygen atoms in total. The quantitative estimate of drug-likeness (QED) is 0.595. The maximum Gasteiger partial charge on any atom is 0.157 e. The number of hydrogen-bond acceptors (Lipinski definition) is 3. The lowest BCUT2D eigenvalue weighted by Crippen LogP contribution is -1.83. The number of aryl methyl sites for hydroxylation is 1. The minimum Gasteiger partial charge on any atom is -0.507 e. The number of phenolic OH excluding ortho intramolecular Hbond substituents is 2. The topological polar surface area (TPSA) is 57.5 Å². The van der Waals surface area contributed by atoms with Crippen LogP contribution in [0.15, 0.2) is 12.1 Å². The summed E-state index contributed by atoms with van der Waals surface area (Å²) in [6.07, 6.45) is 0.421. The van der Waals surface area contributed by atoms with E-state index in [9.17, 15) is 4.79 Å². The third kappa shape index (κ3) is 1.32. The van der Waals surface area contributed by atoms with Crippen LogP contribution in [-0.4, -0.2) is 16.5 Å². The molecule has 0 unspecified atom stereocenters. The summed E-state index contributed by atoms with van der Waals surface area (Å²) >= 11 is 0. The second kappa shape index (κ2) is 2.62. The molecule has 1 rings (SSSR count). The van der Waals surface area contributed by atoms with Gasteiger partial charge in [-0.05, 0) is 24.6 Å². The van der Waals surface area contributed by atoms with Crippen molar-refractivity contribution >= 4 is 6.29 Å². The van der Waals surface area contributed by atoms with Gasteiger partial charge in [-0.15, -0.1) is 0 Å². The van der Waals surface area contributed by atoms with Crippen molar-refractivity contribution in [2.45, 2.75) is 6.92 Å². The van der Waals surface area contributed by atoms with Gasteiger partial charge in [-0.3, -0.25) is 4.79 Å². The molecule has 0 aliphatic heterocycles. The van der Waals surface area contributed by atoms with Crippen LogP contribution in [0.3, 0.4) is 0 Å². The molecular formula is C8H8O3. The molecule has 58 valence electrons. The summed E-state index contributed by atoms with van der Waals surface area (Å²) < 4.78 is 0. The van der Waals surface area contributed by atoms with E-state index in [4.69, 9.17) is 10.2 Å². The molecule has 0 saturated carbocycles. The first-order chi connectivity index (χ1) is 5.15. The summed E-state index contributed by atoms with van der Waals surface area (Å²) in [4.78, 5) is 10.2. The lowest BCUT2D eigenvalue weighted by atomic mass is 10.1. The summed E-state index contributed by atoms with van der Waals surface area (Å²) in [6, 6.07) is 2.84. The summed E-state index contributed by atoms with van der Waals surface area (Å²) in [7, 11) is 0. The molecule has 0 amide bonds. The zero-order valence-corrected chi connectivity index (χ0v) is 6.03. The predicted molar refractivity (Wildman–Crippen MR) is 39.9 cm³/mol. The van der Waals surface area contributed by atoms with Gasteiger partial charge < -0.3 is 10.2 Å². The van der Waals surface area contributed by atoms with Crippen LogP contribution >= 0.6 is 0 Å². The normalized spacial score (nSPS) is 9.55. The number of aromatic hydroxyl groups is 2. The Balaban J connectivity index is 3.36. The van der Waals surface area contributed by atoms with Crippen molar-refractivity contribution in [3.8, 4) is 11.5 Å². The first kappa shape index (κ1) is 7.60. The second-order valence-electron chi connectivity index (χ2n) is 2.33. The van der Waals surface area contributed by atoms with Crippen LogP contribution in [0.25, 0.3) is 0 Å². The van der Waals surface area contributed by atoms with Crippen LogP contribution < -0.4 is 0 Å². The van der Waals surface area contributed by atoms with Crippen molar-refractivity contribution in [3.63, 3.8) is 0 Å². The molecule has 0 fully saturated rings. The molecule has 0 aliphatic carbocycles. The average Bonchev–Trinajstić information content (AvgIpc) is 1.85. The number of rotatable bonds is 1. The van der Waals surface area contributed by atoms with E-state index in [1.54, 1.807) is 6.92 Å². The zero-order valence-electron chi connectivity index (χ0n) is 6.03. The van der Waals surface area contributed by atoms with Gasteiger partial charge in [0.25, 0.3) is 0 Å². The minimum absolute atomic E-state index is 0.0596. The van der Waals surface area contributed by atoms with Gasteiger partial charge in [0.15, 0.2) is 6.29 Å². The molecule has 0 heterocycles. The molecule has 1 aromatic rings. The summed E-state index contributed by atoms with van der Waals surface area (Å²) in [5.74, 6) is -0.366. The third-order valence-electron chi connectivity index (χ3n) is 1.40. The van der Waals surface area contributed by atoms with Gasteiger partial charge in [0, 0.05) is 0 Å². The molecule has 0 bridgehead atoms. The summed E-state index contributed by atoms with van der Waals surface area (Å²) in [5, 5.41) is 18.2. The van der Waals surface area contributed by atoms with E-state index in [2.05, 4.69) is 0 Å². The van der Waals surface area contributed by atoms with Gasteiger partial charge in [-0.1, -0.05) is 0 Å². The molecule has 1 aromatic carbocycles. The molecular weight excluding hydrogens is 144 g/mol. The Kier molecular flexibility index (Phi) is 1.81. The van der Waals surface area contributed by atoms with E-state index in [1.165, 1.54) is 12.1 Å². The minimum atomic E-state index is -0.183. The van der Waals surface area contributed by atoms with Crippen LogP contribution in [0, 0.1) is 6.92 Å². The summed E-state index contributed by atoms with van der Waals surface area (Å²) in [5.41, 5.74) is 0.654. The molecule has 0 spiro atoms. The molecule has 2 N–H and O–H groups in total. The van der Waals surface area contributed by atoms with Gasteiger partial charge in [0.05, 0.1) is 5.56 Å². The summed E-state index contributed by atoms with van der Waals surface area (Å²) in [6.45, 7) is 1.72. The van der Waals surface area contributed by atoms with Gasteiger partial charge in [-0.2, -0.15) is 0 Å². The van der Waals surface area contributed by atoms with Crippen molar-refractivity contribution in [2.75, 3.05) is 0 Å². The first-order valence-electron chi connectivity index (χ1n) is 3.13. The van der Waals surface area contributed by atoms with E-state index < -0.39 is 0 Å². The fourth-order valence-corrected chi connectivity index (χ4v) is 0.880. The lowest BCUT2D eigenvalue weighted by Gasteiger charge is -2.01. The number of benzene rings is 1. The highest BCUT2D eigenvalue weighted by molar-refractivity contribution is 5.83. The Morgan fingerprint density at radius 2 is 1.73 bits per heavy atom. The largest absolute Gasteiger partial charge is 0.507 e. The first-order valence-corrected chi connectivity index (χ1v) is 3.13. The average molecular weight is 152 g/mol. The molecule has 0 radical (unpaired) electrons. The number of hydrogen-bond donors (Lipinski definition) is 2. The molecule has 0 aliphatic rings. The predicted octanol–water partition coefficient (Wildman–Crippen LogP) is 1.22. The van der Waals surface area contributed by atoms with Crippen molar-refractivity contribution in [3.05, 3.63) is 23.3 Å². The number of carbonyl (C=O) groups is 1. The van der Waals surface area contributed by atoms with Crippen LogP contribution in [0.1, 0.15) is 15.9 Å². The Hall–Kier alpha value is -1.51. The molecule has 0 saturated heterocycles. The van der Waals surface area contributed by atoms with Gasteiger partial charge >= 0.3 is 0 Å². The number of phenols is 2. The Morgan fingerprint density at radius 3 is 2.09 bits per heavy atom. The number of aldehydes is 1. The highest BCUT2D eigenvalue weighted by Crippen LogP contribution is 2.26. The van der Waals surface area contributed by atoms with Crippen LogP contribution in [0.4, 0.5) is 0 Å². The van der Waals surface area contributed by atoms with E-state index in [-0.39, 0.29) is 17.1 Å². The lowest BCUT2D eigenvalue weighted by molar-refractivity contribution is 0.111. The standard InChI is InChI=1S/C8H8O3/c1-5-2-7(10)6(4-9)8(11)3-5/h2-4,10-11H,1H3. The fourth-order valence-electron chi connectivity index (χ4n) is 0.880. The molecule has 0 aromatic heterocycles. The van der Waals surface area contributed by atoms with Gasteiger partial charge in [0.2, 0.25) is 0 Å². The number of carbonyl (C=O) groups excluding carboxylic acids is 1. The zero-order chi connectivity index (χ0) is 8.43. The maximum absolute atomic E-state index is 10.2. The Bertz CT molecular complexity index is 268. The van der Waals surface area contributed by atoms with Crippen LogP contribution in [0.5, 0.6) is 11.5 Å². The van der Waals surface area contributed by atoms with E-state index in [0.717, 1.165) is 0 Å². The van der Waals surface area contributed by atoms with Crippen molar-refractivity contribution in [1.82, 2.24) is 0 Å². The SMILES string of the molecule is Cc1cc(O)c(C=O)c(O)c1. The third-order valence-corrected chi connectivity index (χ3v) is 1.40. The van der Waals surface area contributed by atoms with E-state index in [1.807, 2.05) is 0 Å². The maximum atomic E-state index is 10.2.